The number of aromatic nitrogens is 3. The molecule has 1 aromatic heterocycles. The van der Waals surface area contributed by atoms with Crippen molar-refractivity contribution in [3.05, 3.63) is 76.4 Å². The van der Waals surface area contributed by atoms with Crippen LogP contribution in [0.5, 0.6) is 0 Å². The third-order valence-electron chi connectivity index (χ3n) is 9.08. The molecular weight excluding hydrogens is 529 g/mol. The van der Waals surface area contributed by atoms with Crippen LogP contribution >= 0.6 is 0 Å². The largest absolute Gasteiger partial charge is 0.416 e. The lowest BCUT2D eigenvalue weighted by molar-refractivity contribution is -0.138. The van der Waals surface area contributed by atoms with E-state index in [9.17, 15) is 23.2 Å². The number of fused-ring (bicyclic) bond motifs is 1. The summed E-state index contributed by atoms with van der Waals surface area (Å²) >= 11 is 0. The van der Waals surface area contributed by atoms with Crippen LogP contribution in [0, 0.1) is 23.2 Å². The monoisotopic (exact) mass is 562 g/mol. The van der Waals surface area contributed by atoms with E-state index in [1.54, 1.807) is 18.5 Å². The molecule has 0 unspecified atom stereocenters. The Morgan fingerprint density at radius 3 is 2.68 bits per heavy atom. The average Bonchev–Trinajstić information content (AvgIpc) is 3.47. The summed E-state index contributed by atoms with van der Waals surface area (Å²) in [6.07, 6.45) is 1.09. The highest BCUT2D eigenvalue weighted by atomic mass is 19.4. The first-order chi connectivity index (χ1) is 19.6. The first-order valence-electron chi connectivity index (χ1n) is 14.2. The molecule has 1 saturated heterocycles. The lowest BCUT2D eigenvalue weighted by atomic mass is 9.57. The van der Waals surface area contributed by atoms with Crippen molar-refractivity contribution >= 4 is 11.6 Å². The van der Waals surface area contributed by atoms with Crippen LogP contribution in [0.4, 0.5) is 18.9 Å². The Morgan fingerprint density at radius 1 is 1.20 bits per heavy atom. The standard InChI is InChI=1S/C31H33F3N6O/c1-20-5-4-8-39(16-20)17-21-9-25-26(27(10-21)31(32,33)34)18-40(29(25)41)24-7-3-6-23(11-24)30(12-22(13-30)15-35)14-28-37-36-19-38(28)2/h3,6-7,9-11,19-20,22H,4-5,8,12-14,16-18H2,1-2H3/t20-,22-,30-/m0/s1. The molecule has 3 aliphatic rings. The molecule has 1 saturated carbocycles. The number of hydrogen-bond acceptors (Lipinski definition) is 5. The second kappa shape index (κ2) is 10.3. The molecular formula is C31H33F3N6O. The minimum Gasteiger partial charge on any atom is -0.321 e. The Kier molecular flexibility index (Phi) is 6.89. The fraction of sp³-hybridized carbons (Fsp3) is 0.484. The van der Waals surface area contributed by atoms with Crippen molar-refractivity contribution < 1.29 is 18.0 Å². The fourth-order valence-electron chi connectivity index (χ4n) is 6.94. The van der Waals surface area contributed by atoms with E-state index >= 15 is 0 Å². The number of alkyl halides is 3. The molecule has 0 bridgehead atoms. The van der Waals surface area contributed by atoms with Crippen LogP contribution in [0.2, 0.25) is 0 Å². The number of nitriles is 1. The van der Waals surface area contributed by atoms with Gasteiger partial charge in [0.1, 0.15) is 12.2 Å². The van der Waals surface area contributed by atoms with Gasteiger partial charge in [0.15, 0.2) is 0 Å². The number of benzene rings is 2. The van der Waals surface area contributed by atoms with Gasteiger partial charge in [0.2, 0.25) is 0 Å². The van der Waals surface area contributed by atoms with Gasteiger partial charge in [-0.2, -0.15) is 18.4 Å². The Bertz CT molecular complexity index is 1520. The Balaban J connectivity index is 1.32. The van der Waals surface area contributed by atoms with Crippen molar-refractivity contribution in [2.75, 3.05) is 18.0 Å². The highest BCUT2D eigenvalue weighted by molar-refractivity contribution is 6.10. The van der Waals surface area contributed by atoms with E-state index in [1.165, 1.54) is 11.0 Å². The number of carbonyl (C=O) groups excluding carboxylic acids is 1. The van der Waals surface area contributed by atoms with Crippen molar-refractivity contribution in [3.63, 3.8) is 0 Å². The molecule has 6 rings (SSSR count). The van der Waals surface area contributed by atoms with Crippen molar-refractivity contribution in [3.8, 4) is 6.07 Å². The predicted octanol–water partition coefficient (Wildman–Crippen LogP) is 5.64. The third kappa shape index (κ3) is 5.12. The van der Waals surface area contributed by atoms with Crippen LogP contribution in [-0.4, -0.2) is 38.7 Å². The Labute approximate surface area is 237 Å². The number of anilines is 1. The number of aryl methyl sites for hydroxylation is 1. The Hall–Kier alpha value is -3.71. The number of carbonyl (C=O) groups is 1. The van der Waals surface area contributed by atoms with E-state index in [4.69, 9.17) is 0 Å². The first-order valence-corrected chi connectivity index (χ1v) is 14.2. The van der Waals surface area contributed by atoms with E-state index in [1.807, 2.05) is 29.8 Å². The van der Waals surface area contributed by atoms with Gasteiger partial charge >= 0.3 is 6.18 Å². The topological polar surface area (TPSA) is 78.1 Å². The van der Waals surface area contributed by atoms with Gasteiger partial charge in [-0.05, 0) is 79.1 Å². The van der Waals surface area contributed by atoms with Gasteiger partial charge in [0.05, 0.1) is 18.2 Å². The summed E-state index contributed by atoms with van der Waals surface area (Å²) in [5.41, 5.74) is 1.11. The molecule has 2 aliphatic heterocycles. The normalized spacial score (nSPS) is 24.7. The van der Waals surface area contributed by atoms with Gasteiger partial charge in [0.25, 0.3) is 5.91 Å². The fourth-order valence-corrected chi connectivity index (χ4v) is 6.94. The molecule has 3 aromatic rings. The van der Waals surface area contributed by atoms with Crippen molar-refractivity contribution in [2.24, 2.45) is 18.9 Å². The highest BCUT2D eigenvalue weighted by Crippen LogP contribution is 2.50. The molecule has 2 aromatic carbocycles. The maximum atomic E-state index is 14.3. The van der Waals surface area contributed by atoms with Gasteiger partial charge < -0.3 is 9.47 Å². The van der Waals surface area contributed by atoms with Gasteiger partial charge in [-0.3, -0.25) is 9.69 Å². The average molecular weight is 563 g/mol. The number of nitrogens with zero attached hydrogens (tertiary/aromatic N) is 6. The number of halogens is 3. The zero-order valence-corrected chi connectivity index (χ0v) is 23.3. The van der Waals surface area contributed by atoms with E-state index in [-0.39, 0.29) is 29.0 Å². The van der Waals surface area contributed by atoms with Crippen LogP contribution in [0.1, 0.15) is 71.0 Å². The Morgan fingerprint density at radius 2 is 2.00 bits per heavy atom. The molecule has 214 valence electrons. The molecule has 0 N–H and O–H groups in total. The smallest absolute Gasteiger partial charge is 0.321 e. The molecule has 7 nitrogen and oxygen atoms in total. The van der Waals surface area contributed by atoms with Crippen molar-refractivity contribution in [1.29, 1.82) is 5.26 Å². The van der Waals surface area contributed by atoms with Gasteiger partial charge in [-0.1, -0.05) is 19.1 Å². The zero-order valence-electron chi connectivity index (χ0n) is 23.3. The quantitative estimate of drug-likeness (QED) is 0.389. The van der Waals surface area contributed by atoms with Gasteiger partial charge in [-0.15, -0.1) is 10.2 Å². The van der Waals surface area contributed by atoms with Crippen LogP contribution in [0.25, 0.3) is 0 Å². The summed E-state index contributed by atoms with van der Waals surface area (Å²) in [5.74, 6) is 0.796. The predicted molar refractivity (Wildman–Crippen MR) is 147 cm³/mol. The number of piperidine rings is 1. The van der Waals surface area contributed by atoms with Crippen LogP contribution < -0.4 is 4.90 Å². The van der Waals surface area contributed by atoms with Crippen LogP contribution in [0.3, 0.4) is 0 Å². The molecule has 41 heavy (non-hydrogen) atoms. The molecule has 1 aliphatic carbocycles. The summed E-state index contributed by atoms with van der Waals surface area (Å²) in [5, 5.41) is 17.7. The molecule has 1 atom stereocenters. The van der Waals surface area contributed by atoms with Crippen molar-refractivity contribution in [2.45, 2.75) is 63.7 Å². The lowest BCUT2D eigenvalue weighted by Gasteiger charge is -2.45. The number of likely N-dealkylation sites (tertiary alicyclic amines) is 1. The number of amides is 1. The van der Waals surface area contributed by atoms with E-state index in [0.29, 0.717) is 43.0 Å². The second-order valence-electron chi connectivity index (χ2n) is 12.1. The molecule has 3 heterocycles. The third-order valence-corrected chi connectivity index (χ3v) is 9.08. The highest BCUT2D eigenvalue weighted by Gasteiger charge is 2.47. The summed E-state index contributed by atoms with van der Waals surface area (Å²) in [6, 6.07) is 12.7. The van der Waals surface area contributed by atoms with Crippen LogP contribution in [0.15, 0.2) is 42.7 Å². The molecule has 1 amide bonds. The first kappa shape index (κ1) is 27.5. The number of rotatable bonds is 6. The van der Waals surface area contributed by atoms with E-state index in [2.05, 4.69) is 28.1 Å². The maximum Gasteiger partial charge on any atom is 0.416 e. The minimum atomic E-state index is -4.56. The summed E-state index contributed by atoms with van der Waals surface area (Å²) in [4.78, 5) is 17.3. The number of hydrogen-bond donors (Lipinski definition) is 0. The maximum absolute atomic E-state index is 14.3. The van der Waals surface area contributed by atoms with E-state index in [0.717, 1.165) is 37.3 Å². The van der Waals surface area contributed by atoms with E-state index < -0.39 is 17.6 Å². The minimum absolute atomic E-state index is 0.0330. The summed E-state index contributed by atoms with van der Waals surface area (Å²) < 4.78 is 44.7. The van der Waals surface area contributed by atoms with Crippen LogP contribution in [-0.2, 0) is 38.1 Å². The summed E-state index contributed by atoms with van der Waals surface area (Å²) in [7, 11) is 1.87. The SMILES string of the molecule is C[C@H]1CCCN(Cc2cc3c(c(C(F)(F)F)c2)CN(c2cccc([C@]4(Cc5nncn5C)C[C@@H](C#N)C4)c2)C3=O)C1. The molecule has 0 spiro atoms. The molecule has 10 heteroatoms. The second-order valence-corrected chi connectivity index (χ2v) is 12.1. The van der Waals surface area contributed by atoms with Gasteiger partial charge in [0, 0.05) is 49.1 Å². The zero-order chi connectivity index (χ0) is 28.9. The van der Waals surface area contributed by atoms with Gasteiger partial charge in [-0.25, -0.2) is 0 Å². The molecule has 2 fully saturated rings. The van der Waals surface area contributed by atoms with Crippen molar-refractivity contribution in [1.82, 2.24) is 19.7 Å². The molecule has 0 radical (unpaired) electrons. The summed E-state index contributed by atoms with van der Waals surface area (Å²) in [6.45, 7) is 4.11. The lowest BCUT2D eigenvalue weighted by Crippen LogP contribution is -2.43.